The van der Waals surface area contributed by atoms with Crippen LogP contribution in [0.2, 0.25) is 0 Å². The molecular weight excluding hydrogens is 396 g/mol. The second-order valence-electron chi connectivity index (χ2n) is 5.67. The molecule has 0 radical (unpaired) electrons. The maximum absolute atomic E-state index is 13.6. The van der Waals surface area contributed by atoms with Crippen LogP contribution in [0.1, 0.15) is 22.3 Å². The molecule has 0 aliphatic carbocycles. The van der Waals surface area contributed by atoms with Crippen molar-refractivity contribution in [2.45, 2.75) is 30.7 Å². The second-order valence-corrected chi connectivity index (χ2v) is 7.44. The molecule has 1 aliphatic heterocycles. The lowest BCUT2D eigenvalue weighted by Crippen LogP contribution is -2.23. The van der Waals surface area contributed by atoms with Gasteiger partial charge in [0.05, 0.1) is 10.5 Å². The zero-order valence-electron chi connectivity index (χ0n) is 13.2. The number of fused-ring (bicyclic) bond motifs is 1. The van der Waals surface area contributed by atoms with Gasteiger partial charge in [-0.2, -0.15) is 13.2 Å². The Labute approximate surface area is 154 Å². The van der Waals surface area contributed by atoms with Crippen LogP contribution in [0.25, 0.3) is 0 Å². The number of alkyl halides is 3. The summed E-state index contributed by atoms with van der Waals surface area (Å²) in [7, 11) is -4.13. The number of hydrogen-bond donors (Lipinski definition) is 2. The van der Waals surface area contributed by atoms with Gasteiger partial charge in [-0.15, -0.1) is 12.4 Å². The second kappa shape index (κ2) is 7.51. The highest BCUT2D eigenvalue weighted by atomic mass is 35.5. The summed E-state index contributed by atoms with van der Waals surface area (Å²) in [5.74, 6) is -1.63. The van der Waals surface area contributed by atoms with E-state index >= 15 is 0 Å². The summed E-state index contributed by atoms with van der Waals surface area (Å²) in [4.78, 5) is -0.555. The molecule has 3 rings (SSSR count). The van der Waals surface area contributed by atoms with Gasteiger partial charge in [-0.3, -0.25) is 0 Å². The van der Waals surface area contributed by atoms with Gasteiger partial charge in [-0.25, -0.2) is 17.5 Å². The van der Waals surface area contributed by atoms with Gasteiger partial charge in [-0.05, 0) is 34.9 Å². The number of benzene rings is 2. The molecule has 0 spiro atoms. The van der Waals surface area contributed by atoms with Crippen LogP contribution in [0.5, 0.6) is 0 Å². The third kappa shape index (κ3) is 4.35. The highest BCUT2D eigenvalue weighted by Crippen LogP contribution is 2.32. The van der Waals surface area contributed by atoms with E-state index in [1.54, 1.807) is 6.07 Å². The van der Waals surface area contributed by atoms with Crippen molar-refractivity contribution < 1.29 is 26.0 Å². The summed E-state index contributed by atoms with van der Waals surface area (Å²) in [5.41, 5.74) is 1.41. The molecule has 2 aromatic carbocycles. The molecule has 1 heterocycles. The zero-order valence-corrected chi connectivity index (χ0v) is 14.9. The lowest BCUT2D eigenvalue weighted by Gasteiger charge is -2.11. The summed E-state index contributed by atoms with van der Waals surface area (Å²) < 4.78 is 77.8. The van der Waals surface area contributed by atoms with E-state index in [4.69, 9.17) is 0 Å². The highest BCUT2D eigenvalue weighted by Gasteiger charge is 2.34. The summed E-state index contributed by atoms with van der Waals surface area (Å²) in [6.45, 7) is 1.41. The van der Waals surface area contributed by atoms with Gasteiger partial charge < -0.3 is 5.32 Å². The Morgan fingerprint density at radius 2 is 1.73 bits per heavy atom. The van der Waals surface area contributed by atoms with E-state index in [0.29, 0.717) is 24.2 Å². The maximum Gasteiger partial charge on any atom is 0.419 e. The minimum absolute atomic E-state index is 0. The molecular formula is C16H15ClF4N2O2S. The summed E-state index contributed by atoms with van der Waals surface area (Å²) >= 11 is 0. The Balaban J connectivity index is 0.00000243. The minimum atomic E-state index is -4.88. The van der Waals surface area contributed by atoms with Crippen LogP contribution < -0.4 is 10.0 Å². The average molecular weight is 411 g/mol. The van der Waals surface area contributed by atoms with Crippen LogP contribution in [0, 0.1) is 5.82 Å². The third-order valence-corrected chi connectivity index (χ3v) is 5.32. The van der Waals surface area contributed by atoms with Gasteiger partial charge >= 0.3 is 6.18 Å². The van der Waals surface area contributed by atoms with Gasteiger partial charge in [0.25, 0.3) is 0 Å². The van der Waals surface area contributed by atoms with E-state index in [0.717, 1.165) is 23.7 Å². The van der Waals surface area contributed by atoms with Crippen molar-refractivity contribution in [1.82, 2.24) is 10.0 Å². The molecule has 0 unspecified atom stereocenters. The first-order valence-corrected chi connectivity index (χ1v) is 8.83. The van der Waals surface area contributed by atoms with Crippen molar-refractivity contribution in [3.05, 3.63) is 64.5 Å². The topological polar surface area (TPSA) is 58.2 Å². The first-order chi connectivity index (χ1) is 11.7. The van der Waals surface area contributed by atoms with Gasteiger partial charge in [-0.1, -0.05) is 18.2 Å². The van der Waals surface area contributed by atoms with Gasteiger partial charge in [0.1, 0.15) is 5.82 Å². The van der Waals surface area contributed by atoms with Crippen molar-refractivity contribution in [3.8, 4) is 0 Å². The smallest absolute Gasteiger partial charge is 0.309 e. The zero-order chi connectivity index (χ0) is 18.2. The number of halogens is 5. The molecule has 2 aromatic rings. The molecule has 1 aliphatic rings. The van der Waals surface area contributed by atoms with Crippen LogP contribution in [-0.2, 0) is 35.8 Å². The fraction of sp³-hybridized carbons (Fsp3) is 0.250. The normalized spacial score (nSPS) is 14.0. The van der Waals surface area contributed by atoms with E-state index in [-0.39, 0.29) is 19.0 Å². The first-order valence-electron chi connectivity index (χ1n) is 7.34. The third-order valence-electron chi connectivity index (χ3n) is 3.92. The van der Waals surface area contributed by atoms with Gasteiger partial charge in [0.2, 0.25) is 10.0 Å². The summed E-state index contributed by atoms with van der Waals surface area (Å²) in [6, 6.07) is 7.03. The number of hydrogen-bond acceptors (Lipinski definition) is 3. The van der Waals surface area contributed by atoms with Crippen molar-refractivity contribution in [2.75, 3.05) is 0 Å². The molecule has 10 heteroatoms. The van der Waals surface area contributed by atoms with Crippen LogP contribution in [-0.4, -0.2) is 8.42 Å². The maximum atomic E-state index is 13.6. The lowest BCUT2D eigenvalue weighted by molar-refractivity contribution is -0.140. The molecule has 2 N–H and O–H groups in total. The van der Waals surface area contributed by atoms with E-state index in [2.05, 4.69) is 10.0 Å². The van der Waals surface area contributed by atoms with E-state index < -0.39 is 32.5 Å². The summed E-state index contributed by atoms with van der Waals surface area (Å²) in [6.07, 6.45) is -4.88. The quantitative estimate of drug-likeness (QED) is 0.760. The van der Waals surface area contributed by atoms with Crippen molar-refractivity contribution >= 4 is 22.4 Å². The average Bonchev–Trinajstić information content (AvgIpc) is 2.99. The predicted molar refractivity (Wildman–Crippen MR) is 89.7 cm³/mol. The predicted octanol–water partition coefficient (Wildman–Crippen LogP) is 3.35. The largest absolute Gasteiger partial charge is 0.419 e. The molecule has 0 saturated carbocycles. The first kappa shape index (κ1) is 20.6. The molecule has 0 atom stereocenters. The molecule has 142 valence electrons. The van der Waals surface area contributed by atoms with Crippen LogP contribution in [0.3, 0.4) is 0 Å². The minimum Gasteiger partial charge on any atom is -0.309 e. The highest BCUT2D eigenvalue weighted by molar-refractivity contribution is 7.89. The molecule has 0 amide bonds. The monoisotopic (exact) mass is 410 g/mol. The Bertz CT molecular complexity index is 917. The van der Waals surface area contributed by atoms with Gasteiger partial charge in [0.15, 0.2) is 0 Å². The Hall–Kier alpha value is -1.68. The van der Waals surface area contributed by atoms with E-state index in [1.165, 1.54) is 0 Å². The van der Waals surface area contributed by atoms with Gasteiger partial charge in [0, 0.05) is 19.6 Å². The van der Waals surface area contributed by atoms with Crippen molar-refractivity contribution in [3.63, 3.8) is 0 Å². The summed E-state index contributed by atoms with van der Waals surface area (Å²) in [5, 5.41) is 3.16. The standard InChI is InChI=1S/C16H14F4N2O2S.ClH/c17-15-6-13(3-4-14(15)16(18,19)20)25(23,24)22-7-10-1-2-11-8-21-9-12(11)5-10;/h1-6,21-22H,7-9H2;1H. The Morgan fingerprint density at radius 3 is 2.38 bits per heavy atom. The molecule has 0 aromatic heterocycles. The number of nitrogens with one attached hydrogen (secondary N) is 2. The molecule has 4 nitrogen and oxygen atoms in total. The fourth-order valence-electron chi connectivity index (χ4n) is 2.61. The SMILES string of the molecule is Cl.O=S(=O)(NCc1ccc2c(c1)CNC2)c1ccc(C(F)(F)F)c(F)c1. The fourth-order valence-corrected chi connectivity index (χ4v) is 3.64. The molecule has 26 heavy (non-hydrogen) atoms. The molecule has 0 saturated heterocycles. The van der Waals surface area contributed by atoms with E-state index in [9.17, 15) is 26.0 Å². The van der Waals surface area contributed by atoms with Crippen molar-refractivity contribution in [1.29, 1.82) is 0 Å². The molecule has 0 bridgehead atoms. The van der Waals surface area contributed by atoms with Crippen molar-refractivity contribution in [2.24, 2.45) is 0 Å². The Kier molecular flexibility index (Phi) is 5.96. The number of sulfonamides is 1. The van der Waals surface area contributed by atoms with E-state index in [1.807, 2.05) is 12.1 Å². The number of rotatable bonds is 4. The van der Waals surface area contributed by atoms with Crippen LogP contribution >= 0.6 is 12.4 Å². The lowest BCUT2D eigenvalue weighted by atomic mass is 10.1. The Morgan fingerprint density at radius 1 is 1.04 bits per heavy atom. The molecule has 0 fully saturated rings. The van der Waals surface area contributed by atoms with Crippen LogP contribution in [0.4, 0.5) is 17.6 Å². The van der Waals surface area contributed by atoms with Crippen LogP contribution in [0.15, 0.2) is 41.3 Å².